The van der Waals surface area contributed by atoms with Crippen molar-refractivity contribution in [3.8, 4) is 0 Å². The van der Waals surface area contributed by atoms with E-state index >= 15 is 0 Å². The fourth-order valence-electron chi connectivity index (χ4n) is 1.56. The van der Waals surface area contributed by atoms with Gasteiger partial charge in [0.25, 0.3) is 0 Å². The fourth-order valence-corrected chi connectivity index (χ4v) is 1.56. The first-order valence-electron chi connectivity index (χ1n) is 6.26. The second-order valence-corrected chi connectivity index (χ2v) is 5.11. The number of hydrogen-bond donors (Lipinski definition) is 1. The van der Waals surface area contributed by atoms with Gasteiger partial charge >= 0.3 is 0 Å². The van der Waals surface area contributed by atoms with Crippen molar-refractivity contribution < 1.29 is 9.84 Å². The van der Waals surface area contributed by atoms with Crippen LogP contribution in [-0.4, -0.2) is 28.1 Å². The molecule has 0 fully saturated rings. The Morgan fingerprint density at radius 3 is 2.65 bits per heavy atom. The number of ether oxygens (including phenoxy) is 1. The summed E-state index contributed by atoms with van der Waals surface area (Å²) in [5, 5.41) is 13.6. The van der Waals surface area contributed by atoms with E-state index in [9.17, 15) is 0 Å². The summed E-state index contributed by atoms with van der Waals surface area (Å²) in [7, 11) is 0. The van der Waals surface area contributed by atoms with Crippen LogP contribution in [-0.2, 0) is 24.3 Å². The van der Waals surface area contributed by atoms with Crippen LogP contribution in [0.2, 0.25) is 0 Å². The van der Waals surface area contributed by atoms with Gasteiger partial charge in [-0.15, -0.1) is 0 Å². The molecule has 0 radical (unpaired) electrons. The van der Waals surface area contributed by atoms with E-state index in [0.29, 0.717) is 13.2 Å². The summed E-state index contributed by atoms with van der Waals surface area (Å²) in [6.45, 7) is 10.3. The number of aryl methyl sites for hydroxylation is 2. The summed E-state index contributed by atoms with van der Waals surface area (Å²) in [6, 6.07) is 2.09. The first kappa shape index (κ1) is 14.2. The molecular formula is C13H24N2O2. The highest BCUT2D eigenvalue weighted by Gasteiger charge is 2.17. The molecule has 1 rings (SSSR count). The molecule has 17 heavy (non-hydrogen) atoms. The van der Waals surface area contributed by atoms with Gasteiger partial charge in [-0.25, -0.2) is 0 Å². The second kappa shape index (κ2) is 6.17. The average Bonchev–Trinajstić information content (AvgIpc) is 2.71. The summed E-state index contributed by atoms with van der Waals surface area (Å²) in [5.41, 5.74) is 2.04. The Hall–Kier alpha value is -0.870. The zero-order valence-corrected chi connectivity index (χ0v) is 11.4. The number of nitrogens with zero attached hydrogens (tertiary/aromatic N) is 2. The zero-order chi connectivity index (χ0) is 12.9. The van der Waals surface area contributed by atoms with E-state index < -0.39 is 0 Å². The topological polar surface area (TPSA) is 47.3 Å². The van der Waals surface area contributed by atoms with Crippen LogP contribution in [0, 0.1) is 5.41 Å². The maximum absolute atomic E-state index is 9.14. The second-order valence-electron chi connectivity index (χ2n) is 5.11. The average molecular weight is 240 g/mol. The molecule has 0 aliphatic rings. The quantitative estimate of drug-likeness (QED) is 0.793. The Labute approximate surface area is 104 Å². The van der Waals surface area contributed by atoms with Gasteiger partial charge in [0.1, 0.15) is 0 Å². The molecule has 0 atom stereocenters. The Morgan fingerprint density at radius 1 is 1.41 bits per heavy atom. The molecule has 1 N–H and O–H groups in total. The molecule has 0 unspecified atom stereocenters. The third kappa shape index (κ3) is 4.13. The van der Waals surface area contributed by atoms with Gasteiger partial charge in [0.15, 0.2) is 0 Å². The van der Waals surface area contributed by atoms with Crippen molar-refractivity contribution in [2.24, 2.45) is 5.41 Å². The largest absolute Gasteiger partial charge is 0.396 e. The molecule has 0 spiro atoms. The van der Waals surface area contributed by atoms with Crippen molar-refractivity contribution >= 4 is 0 Å². The Bertz CT molecular complexity index is 345. The highest BCUT2D eigenvalue weighted by Crippen LogP contribution is 2.15. The van der Waals surface area contributed by atoms with Crippen molar-refractivity contribution in [1.29, 1.82) is 0 Å². The summed E-state index contributed by atoms with van der Waals surface area (Å²) in [4.78, 5) is 0. The highest BCUT2D eigenvalue weighted by molar-refractivity contribution is 5.09. The van der Waals surface area contributed by atoms with Gasteiger partial charge in [-0.05, 0) is 19.4 Å². The monoisotopic (exact) mass is 240 g/mol. The van der Waals surface area contributed by atoms with Crippen molar-refractivity contribution in [2.45, 2.75) is 47.3 Å². The first-order valence-corrected chi connectivity index (χ1v) is 6.26. The normalized spacial score (nSPS) is 12.1. The number of aliphatic hydroxyl groups is 1. The predicted molar refractivity (Wildman–Crippen MR) is 67.8 cm³/mol. The van der Waals surface area contributed by atoms with Crippen molar-refractivity contribution in [1.82, 2.24) is 9.78 Å². The molecule has 0 aliphatic heterocycles. The zero-order valence-electron chi connectivity index (χ0n) is 11.4. The number of rotatable bonds is 7. The van der Waals surface area contributed by atoms with Crippen LogP contribution < -0.4 is 0 Å². The van der Waals surface area contributed by atoms with Gasteiger partial charge in [0, 0.05) is 12.0 Å². The highest BCUT2D eigenvalue weighted by atomic mass is 16.5. The summed E-state index contributed by atoms with van der Waals surface area (Å²) in [6.07, 6.45) is 0.947. The first-order chi connectivity index (χ1) is 8.02. The molecule has 0 aliphatic carbocycles. The molecule has 1 heterocycles. The van der Waals surface area contributed by atoms with Crippen LogP contribution in [0.5, 0.6) is 0 Å². The lowest BCUT2D eigenvalue weighted by atomic mass is 9.97. The smallest absolute Gasteiger partial charge is 0.0885 e. The van der Waals surface area contributed by atoms with E-state index in [-0.39, 0.29) is 12.0 Å². The number of aromatic nitrogens is 2. The van der Waals surface area contributed by atoms with Crippen LogP contribution in [0.1, 0.15) is 39.1 Å². The molecule has 1 aromatic heterocycles. The predicted octanol–water partition coefficient (Wildman–Crippen LogP) is 2.00. The van der Waals surface area contributed by atoms with Gasteiger partial charge in [-0.3, -0.25) is 4.68 Å². The van der Waals surface area contributed by atoms with Gasteiger partial charge in [0.05, 0.1) is 31.2 Å². The van der Waals surface area contributed by atoms with E-state index in [2.05, 4.69) is 25.0 Å². The Morgan fingerprint density at radius 2 is 2.12 bits per heavy atom. The van der Waals surface area contributed by atoms with Crippen LogP contribution in [0.25, 0.3) is 0 Å². The van der Waals surface area contributed by atoms with Gasteiger partial charge in [-0.2, -0.15) is 5.10 Å². The van der Waals surface area contributed by atoms with Gasteiger partial charge in [0.2, 0.25) is 0 Å². The SMILES string of the molecule is CCc1cc(COCC(C)(C)CO)n(CC)n1. The third-order valence-electron chi connectivity index (χ3n) is 2.75. The molecule has 4 nitrogen and oxygen atoms in total. The summed E-state index contributed by atoms with van der Waals surface area (Å²) >= 11 is 0. The minimum absolute atomic E-state index is 0.139. The van der Waals surface area contributed by atoms with E-state index in [0.717, 1.165) is 24.4 Å². The lowest BCUT2D eigenvalue weighted by Crippen LogP contribution is -2.23. The lowest BCUT2D eigenvalue weighted by Gasteiger charge is -2.21. The molecule has 0 amide bonds. The number of aliphatic hydroxyl groups excluding tert-OH is 1. The van der Waals surface area contributed by atoms with Crippen LogP contribution in [0.4, 0.5) is 0 Å². The van der Waals surface area contributed by atoms with Crippen molar-refractivity contribution in [3.05, 3.63) is 17.5 Å². The Balaban J connectivity index is 2.54. The molecule has 0 saturated carbocycles. The minimum atomic E-state index is -0.176. The van der Waals surface area contributed by atoms with Crippen molar-refractivity contribution in [3.63, 3.8) is 0 Å². The fraction of sp³-hybridized carbons (Fsp3) is 0.769. The van der Waals surface area contributed by atoms with E-state index in [1.165, 1.54) is 0 Å². The maximum atomic E-state index is 9.14. The molecule has 98 valence electrons. The van der Waals surface area contributed by atoms with E-state index in [1.807, 2.05) is 18.5 Å². The number of hydrogen-bond acceptors (Lipinski definition) is 3. The van der Waals surface area contributed by atoms with Crippen molar-refractivity contribution in [2.75, 3.05) is 13.2 Å². The molecular weight excluding hydrogens is 216 g/mol. The van der Waals surface area contributed by atoms with Crippen LogP contribution >= 0.6 is 0 Å². The summed E-state index contributed by atoms with van der Waals surface area (Å²) < 4.78 is 7.63. The van der Waals surface area contributed by atoms with Crippen LogP contribution in [0.15, 0.2) is 6.07 Å². The Kier molecular flexibility index (Phi) is 5.15. The molecule has 4 heteroatoms. The van der Waals surface area contributed by atoms with Crippen LogP contribution in [0.3, 0.4) is 0 Å². The molecule has 0 bridgehead atoms. The van der Waals surface area contributed by atoms with Gasteiger partial charge in [-0.1, -0.05) is 20.8 Å². The molecule has 0 saturated heterocycles. The van der Waals surface area contributed by atoms with E-state index in [1.54, 1.807) is 0 Å². The molecule has 1 aromatic rings. The lowest BCUT2D eigenvalue weighted by molar-refractivity contribution is 0.0173. The van der Waals surface area contributed by atoms with Gasteiger partial charge < -0.3 is 9.84 Å². The molecule has 0 aromatic carbocycles. The maximum Gasteiger partial charge on any atom is 0.0885 e. The van der Waals surface area contributed by atoms with E-state index in [4.69, 9.17) is 9.84 Å². The summed E-state index contributed by atoms with van der Waals surface area (Å²) in [5.74, 6) is 0. The minimum Gasteiger partial charge on any atom is -0.396 e. The third-order valence-corrected chi connectivity index (χ3v) is 2.75. The standard InChI is InChI=1S/C13H24N2O2/c1-5-11-7-12(15(6-2)14-11)8-17-10-13(3,4)9-16/h7,16H,5-6,8-10H2,1-4H3.